The molecule has 106 valence electrons. The normalized spacial score (nSPS) is 12.4. The molecule has 0 atom stereocenters. The fourth-order valence-electron chi connectivity index (χ4n) is 1.34. The lowest BCUT2D eigenvalue weighted by molar-refractivity contribution is -0.0982. The standard InChI is InChI=1S/C13H20BFO4/c1-12(2,16)13(3,4)19-14(17)9-6-10(15)8-11(7-9)18-5/h6-8,16-17H,1-5H3. The highest BCUT2D eigenvalue weighted by Crippen LogP contribution is 2.25. The molecule has 0 aliphatic carbocycles. The third-order valence-electron chi connectivity index (χ3n) is 3.29. The van der Waals surface area contributed by atoms with Crippen molar-refractivity contribution >= 4 is 12.6 Å². The van der Waals surface area contributed by atoms with E-state index in [2.05, 4.69) is 0 Å². The molecule has 6 heteroatoms. The van der Waals surface area contributed by atoms with Crippen LogP contribution >= 0.6 is 0 Å². The van der Waals surface area contributed by atoms with Crippen LogP contribution in [-0.2, 0) is 4.65 Å². The van der Waals surface area contributed by atoms with E-state index in [0.717, 1.165) is 6.07 Å². The van der Waals surface area contributed by atoms with Crippen molar-refractivity contribution in [3.05, 3.63) is 24.0 Å². The van der Waals surface area contributed by atoms with Crippen LogP contribution in [-0.4, -0.2) is 35.6 Å². The van der Waals surface area contributed by atoms with Crippen LogP contribution in [0.3, 0.4) is 0 Å². The highest BCUT2D eigenvalue weighted by atomic mass is 19.1. The first kappa shape index (κ1) is 16.0. The summed E-state index contributed by atoms with van der Waals surface area (Å²) >= 11 is 0. The minimum Gasteiger partial charge on any atom is -0.497 e. The maximum Gasteiger partial charge on any atom is 0.491 e. The van der Waals surface area contributed by atoms with Crippen molar-refractivity contribution in [3.63, 3.8) is 0 Å². The summed E-state index contributed by atoms with van der Waals surface area (Å²) in [6.45, 7) is 6.44. The zero-order chi connectivity index (χ0) is 14.8. The maximum atomic E-state index is 13.3. The van der Waals surface area contributed by atoms with E-state index in [1.807, 2.05) is 0 Å². The van der Waals surface area contributed by atoms with Crippen LogP contribution in [0.4, 0.5) is 4.39 Å². The summed E-state index contributed by atoms with van der Waals surface area (Å²) in [7, 11) is 0.0538. The molecule has 0 bridgehead atoms. The third-order valence-corrected chi connectivity index (χ3v) is 3.29. The first-order valence-corrected chi connectivity index (χ1v) is 5.99. The lowest BCUT2D eigenvalue weighted by Gasteiger charge is -2.38. The lowest BCUT2D eigenvalue weighted by Crippen LogP contribution is -2.53. The van der Waals surface area contributed by atoms with Gasteiger partial charge in [-0.05, 0) is 45.3 Å². The molecule has 1 aromatic carbocycles. The molecule has 0 aliphatic heterocycles. The van der Waals surface area contributed by atoms with E-state index in [9.17, 15) is 14.5 Å². The number of halogens is 1. The first-order valence-electron chi connectivity index (χ1n) is 5.99. The molecular weight excluding hydrogens is 250 g/mol. The number of hydrogen-bond acceptors (Lipinski definition) is 4. The second-order valence-electron chi connectivity index (χ2n) is 5.46. The minimum absolute atomic E-state index is 0.231. The van der Waals surface area contributed by atoms with Gasteiger partial charge in [0.1, 0.15) is 11.6 Å². The smallest absolute Gasteiger partial charge is 0.491 e. The van der Waals surface area contributed by atoms with Gasteiger partial charge in [0.05, 0.1) is 18.3 Å². The van der Waals surface area contributed by atoms with Gasteiger partial charge in [0, 0.05) is 6.07 Å². The third kappa shape index (κ3) is 3.93. The Morgan fingerprint density at radius 1 is 1.16 bits per heavy atom. The number of hydrogen-bond donors (Lipinski definition) is 2. The average molecular weight is 270 g/mol. The molecule has 0 saturated carbocycles. The summed E-state index contributed by atoms with van der Waals surface area (Å²) in [6.07, 6.45) is 0. The van der Waals surface area contributed by atoms with E-state index in [-0.39, 0.29) is 5.46 Å². The average Bonchev–Trinajstić information content (AvgIpc) is 2.25. The van der Waals surface area contributed by atoms with Gasteiger partial charge in [-0.1, -0.05) is 0 Å². The van der Waals surface area contributed by atoms with Crippen LogP contribution in [0.1, 0.15) is 27.7 Å². The summed E-state index contributed by atoms with van der Waals surface area (Å²) in [4.78, 5) is 0. The van der Waals surface area contributed by atoms with Crippen LogP contribution < -0.4 is 10.2 Å². The molecule has 0 aliphatic rings. The van der Waals surface area contributed by atoms with E-state index in [1.165, 1.54) is 19.2 Å². The van der Waals surface area contributed by atoms with Gasteiger partial charge in [-0.15, -0.1) is 0 Å². The molecule has 1 rings (SSSR count). The van der Waals surface area contributed by atoms with Crippen molar-refractivity contribution < 1.29 is 23.9 Å². The summed E-state index contributed by atoms with van der Waals surface area (Å²) in [5.74, 6) is -0.239. The first-order chi connectivity index (χ1) is 8.56. The van der Waals surface area contributed by atoms with Crippen molar-refractivity contribution in [1.29, 1.82) is 0 Å². The van der Waals surface area contributed by atoms with E-state index in [4.69, 9.17) is 9.39 Å². The van der Waals surface area contributed by atoms with Gasteiger partial charge in [0.15, 0.2) is 0 Å². The van der Waals surface area contributed by atoms with Crippen LogP contribution in [0, 0.1) is 5.82 Å². The topological polar surface area (TPSA) is 58.9 Å². The Morgan fingerprint density at radius 3 is 2.21 bits per heavy atom. The molecule has 2 N–H and O–H groups in total. The summed E-state index contributed by atoms with van der Waals surface area (Å²) < 4.78 is 23.7. The Balaban J connectivity index is 2.95. The van der Waals surface area contributed by atoms with Crippen molar-refractivity contribution in [2.75, 3.05) is 7.11 Å². The number of benzene rings is 1. The van der Waals surface area contributed by atoms with Crippen molar-refractivity contribution in [1.82, 2.24) is 0 Å². The van der Waals surface area contributed by atoms with Gasteiger partial charge in [-0.2, -0.15) is 0 Å². The van der Waals surface area contributed by atoms with Gasteiger partial charge in [-0.3, -0.25) is 0 Å². The van der Waals surface area contributed by atoms with Gasteiger partial charge in [-0.25, -0.2) is 4.39 Å². The number of aliphatic hydroxyl groups is 1. The molecular formula is C13H20BFO4. The second kappa shape index (κ2) is 5.49. The SMILES string of the molecule is COc1cc(F)cc(B(O)OC(C)(C)C(C)(C)O)c1. The van der Waals surface area contributed by atoms with Crippen molar-refractivity contribution in [2.45, 2.75) is 38.9 Å². The Hall–Kier alpha value is -1.11. The fraction of sp³-hybridized carbons (Fsp3) is 0.538. The molecule has 0 fully saturated rings. The van der Waals surface area contributed by atoms with Gasteiger partial charge in [0.2, 0.25) is 0 Å². The van der Waals surface area contributed by atoms with Crippen LogP contribution in [0.2, 0.25) is 0 Å². The van der Waals surface area contributed by atoms with Gasteiger partial charge >= 0.3 is 7.12 Å². The molecule has 19 heavy (non-hydrogen) atoms. The molecule has 0 heterocycles. The molecule has 0 unspecified atom stereocenters. The van der Waals surface area contributed by atoms with E-state index < -0.39 is 24.1 Å². The quantitative estimate of drug-likeness (QED) is 0.786. The molecule has 4 nitrogen and oxygen atoms in total. The number of rotatable bonds is 5. The molecule has 0 radical (unpaired) electrons. The van der Waals surface area contributed by atoms with Gasteiger partial charge < -0.3 is 19.5 Å². The summed E-state index contributed by atoms with van der Waals surface area (Å²) in [6, 6.07) is 3.85. The highest BCUT2D eigenvalue weighted by Gasteiger charge is 2.39. The van der Waals surface area contributed by atoms with E-state index in [0.29, 0.717) is 5.75 Å². The Labute approximate surface area is 113 Å². The Bertz CT molecular complexity index is 443. The largest absolute Gasteiger partial charge is 0.497 e. The maximum absolute atomic E-state index is 13.3. The molecule has 0 saturated heterocycles. The minimum atomic E-state index is -1.36. The Kier molecular flexibility index (Phi) is 4.61. The van der Waals surface area contributed by atoms with E-state index >= 15 is 0 Å². The van der Waals surface area contributed by atoms with Gasteiger partial charge in [0.25, 0.3) is 0 Å². The van der Waals surface area contributed by atoms with Crippen LogP contribution in [0.15, 0.2) is 18.2 Å². The molecule has 1 aromatic rings. The van der Waals surface area contributed by atoms with Crippen molar-refractivity contribution in [2.24, 2.45) is 0 Å². The predicted octanol–water partition coefficient (Wildman–Crippen LogP) is 1.09. The molecule has 0 aromatic heterocycles. The van der Waals surface area contributed by atoms with Crippen molar-refractivity contribution in [3.8, 4) is 5.75 Å². The van der Waals surface area contributed by atoms with Crippen LogP contribution in [0.25, 0.3) is 0 Å². The zero-order valence-corrected chi connectivity index (χ0v) is 11.9. The van der Waals surface area contributed by atoms with E-state index in [1.54, 1.807) is 27.7 Å². The summed E-state index contributed by atoms with van der Waals surface area (Å²) in [5, 5.41) is 20.0. The molecule has 0 spiro atoms. The fourth-order valence-corrected chi connectivity index (χ4v) is 1.34. The number of ether oxygens (including phenoxy) is 1. The lowest BCUT2D eigenvalue weighted by atomic mass is 9.76. The predicted molar refractivity (Wildman–Crippen MR) is 72.0 cm³/mol. The highest BCUT2D eigenvalue weighted by molar-refractivity contribution is 6.60. The Morgan fingerprint density at radius 2 is 1.74 bits per heavy atom. The second-order valence-corrected chi connectivity index (χ2v) is 5.46. The van der Waals surface area contributed by atoms with Crippen LogP contribution in [0.5, 0.6) is 5.75 Å². The summed E-state index contributed by atoms with van der Waals surface area (Å²) in [5.41, 5.74) is -1.94. The monoisotopic (exact) mass is 270 g/mol. The molecule has 0 amide bonds. The number of methoxy groups -OCH3 is 1. The zero-order valence-electron chi connectivity index (χ0n) is 11.9.